The predicted molar refractivity (Wildman–Crippen MR) is 133 cm³/mol. The molecule has 0 saturated heterocycles. The summed E-state index contributed by atoms with van der Waals surface area (Å²) >= 11 is 0.316. The normalized spacial score (nSPS) is 14.0. The molecule has 0 atom stereocenters. The Morgan fingerprint density at radius 2 is 1.88 bits per heavy atom. The minimum atomic E-state index is -0.502. The number of carbonyl (C=O) groups is 1. The number of rotatable bonds is 7. The van der Waals surface area contributed by atoms with Crippen LogP contribution in [0.15, 0.2) is 52.0 Å². The highest BCUT2D eigenvalue weighted by molar-refractivity contribution is 6.36. The molecule has 1 aromatic carbocycles. The van der Waals surface area contributed by atoms with Crippen molar-refractivity contribution in [3.63, 3.8) is 0 Å². The van der Waals surface area contributed by atoms with Gasteiger partial charge in [-0.1, -0.05) is 80.4 Å². The van der Waals surface area contributed by atoms with E-state index in [0.717, 1.165) is 46.4 Å². The average molecular weight is 449 g/mol. The fourth-order valence-electron chi connectivity index (χ4n) is 3.77. The van der Waals surface area contributed by atoms with Crippen LogP contribution < -0.4 is 0 Å². The van der Waals surface area contributed by atoms with E-state index in [2.05, 4.69) is 37.7 Å². The van der Waals surface area contributed by atoms with Crippen LogP contribution in [0.4, 0.5) is 5.69 Å². The van der Waals surface area contributed by atoms with Crippen LogP contribution in [0.1, 0.15) is 63.0 Å². The summed E-state index contributed by atoms with van der Waals surface area (Å²) in [7, 11) is 0. The molecule has 0 fully saturated rings. The second kappa shape index (κ2) is 11.4. The molecule has 5 nitrogen and oxygen atoms in total. The van der Waals surface area contributed by atoms with E-state index in [4.69, 9.17) is 9.15 Å². The molecule has 0 N–H and O–H groups in total. The molecular formula is C26H33AlN2O3. The number of para-hydroxylation sites is 1. The summed E-state index contributed by atoms with van der Waals surface area (Å²) in [6, 6.07) is 7.98. The van der Waals surface area contributed by atoms with Crippen molar-refractivity contribution in [1.29, 1.82) is 0 Å². The van der Waals surface area contributed by atoms with E-state index >= 15 is 0 Å². The third kappa shape index (κ3) is 6.09. The summed E-state index contributed by atoms with van der Waals surface area (Å²) in [5.41, 5.74) is 4.89. The second-order valence-corrected chi connectivity index (χ2v) is 10.8. The zero-order valence-corrected chi connectivity index (χ0v) is 21.3. The molecule has 1 aliphatic heterocycles. The summed E-state index contributed by atoms with van der Waals surface area (Å²) in [6.45, 7) is 11.4. The number of carbonyl (C=O) groups excluding carboxylic acids is 1. The summed E-state index contributed by atoms with van der Waals surface area (Å²) in [5, 5.41) is 3.08. The molecule has 1 aromatic heterocycles. The topological polar surface area (TPSA) is 64.7 Å². The van der Waals surface area contributed by atoms with Crippen molar-refractivity contribution in [2.45, 2.75) is 51.6 Å². The lowest BCUT2D eigenvalue weighted by atomic mass is 9.91. The number of oxazole rings is 1. The number of aliphatic imine (C=N–C) groups is 1. The first-order valence-electron chi connectivity index (χ1n) is 11.6. The molecule has 32 heavy (non-hydrogen) atoms. The molecule has 0 saturated carbocycles. The Balaban J connectivity index is 0.000000275. The van der Waals surface area contributed by atoms with Crippen LogP contribution in [0.5, 0.6) is 0 Å². The minimum Gasteiger partial charge on any atom is -0.460 e. The smallest absolute Gasteiger partial charge is 0.375 e. The number of hydrogen-bond donors (Lipinski definition) is 0. The molecule has 1 aliphatic carbocycles. The van der Waals surface area contributed by atoms with Gasteiger partial charge >= 0.3 is 5.97 Å². The Bertz CT molecular complexity index is 1020. The molecule has 0 unspecified atom stereocenters. The lowest BCUT2D eigenvalue weighted by Crippen LogP contribution is -2.04. The number of nitrogens with zero attached hydrogens (tertiary/aromatic N) is 2. The number of ether oxygens (including phenoxy) is 1. The van der Waals surface area contributed by atoms with Crippen LogP contribution in [0.3, 0.4) is 0 Å². The molecule has 2 aliphatic rings. The molecule has 168 valence electrons. The predicted octanol–water partition coefficient (Wildman–Crippen LogP) is 6.38. The van der Waals surface area contributed by atoms with Crippen LogP contribution in [0.2, 0.25) is 10.6 Å². The molecule has 4 rings (SSSR count). The maximum absolute atomic E-state index is 11.8. The van der Waals surface area contributed by atoms with Crippen LogP contribution in [0.25, 0.3) is 11.1 Å². The van der Waals surface area contributed by atoms with E-state index in [1.807, 2.05) is 36.4 Å². The number of hydrogen-bond acceptors (Lipinski definition) is 5. The van der Waals surface area contributed by atoms with Gasteiger partial charge in [0.2, 0.25) is 26.9 Å². The first-order chi connectivity index (χ1) is 15.4. The van der Waals surface area contributed by atoms with Gasteiger partial charge in [0.1, 0.15) is 0 Å². The van der Waals surface area contributed by atoms with Gasteiger partial charge in [-0.25, -0.2) is 9.78 Å². The second-order valence-electron chi connectivity index (χ2n) is 8.94. The van der Waals surface area contributed by atoms with Gasteiger partial charge in [-0.3, -0.25) is 4.99 Å². The molecular weight excluding hydrogens is 415 g/mol. The summed E-state index contributed by atoms with van der Waals surface area (Å²) in [4.78, 5) is 20.7. The molecule has 0 radical (unpaired) electrons. The molecule has 0 spiro atoms. The molecule has 2 heterocycles. The summed E-state index contributed by atoms with van der Waals surface area (Å²) in [5.74, 6) is 1.92. The van der Waals surface area contributed by atoms with Crippen molar-refractivity contribution < 1.29 is 13.9 Å². The van der Waals surface area contributed by atoms with Gasteiger partial charge in [-0.05, 0) is 13.0 Å². The van der Waals surface area contributed by atoms with Gasteiger partial charge in [-0.15, -0.1) is 0 Å². The fraction of sp³-hybridized carbons (Fsp3) is 0.423. The van der Waals surface area contributed by atoms with E-state index < -0.39 is 5.97 Å². The van der Waals surface area contributed by atoms with E-state index in [1.54, 1.807) is 6.92 Å². The van der Waals surface area contributed by atoms with Crippen molar-refractivity contribution in [2.75, 3.05) is 6.61 Å². The van der Waals surface area contributed by atoms with Crippen molar-refractivity contribution >= 4 is 43.7 Å². The van der Waals surface area contributed by atoms with Crippen LogP contribution >= 0.6 is 0 Å². The van der Waals surface area contributed by atoms with Gasteiger partial charge in [0, 0.05) is 23.1 Å². The number of allylic oxidation sites excluding steroid dienone is 4. The number of fused-ring (bicyclic) bond motifs is 3. The lowest BCUT2D eigenvalue weighted by Gasteiger charge is -2.11. The van der Waals surface area contributed by atoms with E-state index in [9.17, 15) is 4.79 Å². The molecule has 6 heteroatoms. The summed E-state index contributed by atoms with van der Waals surface area (Å²) in [6.07, 6.45) is 6.18. The van der Waals surface area contributed by atoms with Crippen molar-refractivity contribution in [3.05, 3.63) is 59.8 Å². The standard InChI is InChI=1S/C18H14N2O3.2C4H9.Al.H/c1-2-22-18(21)15-10-19-17(23-15)12-7-5-9-14-16(12)11-6-3-4-8-13(11)20-14;2*1-4(2)3;;/h3-8,10H,2,9H2,1H3;2*4H,1H2,2-3H3;;. The summed E-state index contributed by atoms with van der Waals surface area (Å²) < 4.78 is 10.6. The van der Waals surface area contributed by atoms with E-state index in [-0.39, 0.29) is 5.76 Å². The number of aromatic nitrogens is 1. The number of esters is 1. The first kappa shape index (κ1) is 24.2. The fourth-order valence-corrected chi connectivity index (χ4v) is 5.64. The van der Waals surface area contributed by atoms with Gasteiger partial charge in [0.15, 0.2) is 0 Å². The highest BCUT2D eigenvalue weighted by atomic mass is 27.1. The maximum Gasteiger partial charge on any atom is 0.375 e. The Kier molecular flexibility index (Phi) is 8.67. The zero-order chi connectivity index (χ0) is 23.1. The first-order valence-corrected chi connectivity index (χ1v) is 13.6. The monoisotopic (exact) mass is 448 g/mol. The molecule has 0 bridgehead atoms. The molecule has 0 amide bonds. The van der Waals surface area contributed by atoms with Crippen LogP contribution in [-0.2, 0) is 4.74 Å². The Labute approximate surface area is 197 Å². The van der Waals surface area contributed by atoms with Gasteiger partial charge < -0.3 is 9.15 Å². The highest BCUT2D eigenvalue weighted by Crippen LogP contribution is 2.42. The Morgan fingerprint density at radius 1 is 1.16 bits per heavy atom. The Hall–Kier alpha value is -2.42. The zero-order valence-electron chi connectivity index (χ0n) is 19.9. The van der Waals surface area contributed by atoms with E-state index in [0.29, 0.717) is 27.7 Å². The third-order valence-electron chi connectivity index (χ3n) is 5.36. The quantitative estimate of drug-likeness (QED) is 0.364. The van der Waals surface area contributed by atoms with Crippen molar-refractivity contribution in [3.8, 4) is 0 Å². The van der Waals surface area contributed by atoms with Crippen molar-refractivity contribution in [1.82, 2.24) is 4.98 Å². The van der Waals surface area contributed by atoms with Crippen LogP contribution in [-0.4, -0.2) is 38.5 Å². The van der Waals surface area contributed by atoms with Crippen molar-refractivity contribution in [2.24, 2.45) is 16.8 Å². The number of benzene rings is 1. The maximum atomic E-state index is 11.8. The lowest BCUT2D eigenvalue weighted by molar-refractivity contribution is 0.0489. The van der Waals surface area contributed by atoms with Gasteiger partial charge in [-0.2, -0.15) is 0 Å². The van der Waals surface area contributed by atoms with E-state index in [1.165, 1.54) is 16.8 Å². The highest BCUT2D eigenvalue weighted by Gasteiger charge is 2.27. The minimum absolute atomic E-state index is 0.110. The SMILES string of the molecule is CC(C)[CH2][AlH][CH2]C(C)C.CCOC(=O)c1cnc(C2=C3C(=Nc4ccccc43)CC=C2)o1. The van der Waals surface area contributed by atoms with Gasteiger partial charge in [0.25, 0.3) is 0 Å². The van der Waals surface area contributed by atoms with Crippen LogP contribution in [0, 0.1) is 11.8 Å². The Morgan fingerprint density at radius 3 is 2.56 bits per heavy atom. The average Bonchev–Trinajstić information content (AvgIpc) is 3.39. The molecule has 2 aromatic rings. The largest absolute Gasteiger partial charge is 0.460 e. The van der Waals surface area contributed by atoms with Gasteiger partial charge in [0.05, 0.1) is 24.2 Å². The third-order valence-corrected chi connectivity index (χ3v) is 8.48.